The van der Waals surface area contributed by atoms with Crippen molar-refractivity contribution in [1.82, 2.24) is 0 Å². The van der Waals surface area contributed by atoms with Gasteiger partial charge < -0.3 is 0 Å². The van der Waals surface area contributed by atoms with Crippen LogP contribution in [0.1, 0.15) is 0 Å². The van der Waals surface area contributed by atoms with Gasteiger partial charge in [-0.05, 0) is 11.5 Å². The van der Waals surface area contributed by atoms with Gasteiger partial charge in [-0.2, -0.15) is 0 Å². The zero-order chi connectivity index (χ0) is 17.1. The molecule has 0 bridgehead atoms. The molecule has 3 rings (SSSR count). The third kappa shape index (κ3) is 4.67. The monoisotopic (exact) mass is 450 g/mol. The van der Waals surface area contributed by atoms with Crippen molar-refractivity contribution < 1.29 is 0 Å². The Labute approximate surface area is 170 Å². The van der Waals surface area contributed by atoms with Crippen LogP contribution in [-0.4, -0.2) is 32.3 Å². The molecule has 0 unspecified atom stereocenters. The number of rotatable bonds is 0. The first kappa shape index (κ1) is 20.0. The van der Waals surface area contributed by atoms with Crippen LogP contribution >= 0.6 is 81.2 Å². The molecular weight excluding hydrogens is 440 g/mol. The quantitative estimate of drug-likeness (QED) is 0.372. The summed E-state index contributed by atoms with van der Waals surface area (Å²) in [7, 11) is 0. The Morgan fingerprint density at radius 2 is 0.913 bits per heavy atom. The van der Waals surface area contributed by atoms with Crippen molar-refractivity contribution >= 4 is 92.0 Å². The van der Waals surface area contributed by atoms with Gasteiger partial charge in [-0.3, -0.25) is 0 Å². The molecule has 7 heteroatoms. The summed E-state index contributed by atoms with van der Waals surface area (Å²) >= 11 is 41.2. The molecule has 1 saturated carbocycles. The average Bonchev–Trinajstić information content (AvgIpc) is 2.58. The fourth-order valence-electron chi connectivity index (χ4n) is 2.24. The maximum atomic E-state index is 5.96. The molecule has 1 fully saturated rings. The minimum absolute atomic E-state index is 0.437. The van der Waals surface area contributed by atoms with Gasteiger partial charge >= 0.3 is 0 Å². The van der Waals surface area contributed by atoms with Crippen LogP contribution in [0.4, 0.5) is 0 Å². The van der Waals surface area contributed by atoms with E-state index in [0.717, 1.165) is 10.4 Å². The molecule has 0 nitrogen and oxygen atoms in total. The van der Waals surface area contributed by atoms with Crippen molar-refractivity contribution in [3.63, 3.8) is 0 Å². The van der Waals surface area contributed by atoms with Gasteiger partial charge in [0, 0.05) is 10.4 Å². The van der Waals surface area contributed by atoms with Crippen LogP contribution in [0.3, 0.4) is 0 Å². The first-order valence-corrected chi connectivity index (χ1v) is 9.82. The zero-order valence-electron chi connectivity index (χ0n) is 11.7. The van der Waals surface area contributed by atoms with Gasteiger partial charge in [-0.1, -0.05) is 48.0 Å². The van der Waals surface area contributed by atoms with E-state index in [1.165, 1.54) is 5.39 Å². The molecule has 0 radical (unpaired) electrons. The number of fused-ring (bicyclic) bond motifs is 1. The van der Waals surface area contributed by atoms with Crippen molar-refractivity contribution in [3.8, 4) is 0 Å². The molecule has 0 amide bonds. The van der Waals surface area contributed by atoms with E-state index < -0.39 is 32.3 Å². The van der Waals surface area contributed by atoms with Crippen molar-refractivity contribution in [2.75, 3.05) is 0 Å². The van der Waals surface area contributed by atoms with Crippen LogP contribution in [0.15, 0.2) is 42.5 Å². The number of hydrogen-bond acceptors (Lipinski definition) is 0. The predicted molar refractivity (Wildman–Crippen MR) is 107 cm³/mol. The molecule has 2 aromatic rings. The van der Waals surface area contributed by atoms with E-state index in [9.17, 15) is 0 Å². The van der Waals surface area contributed by atoms with Gasteiger partial charge in [0.05, 0.1) is 32.3 Å². The lowest BCUT2D eigenvalue weighted by Crippen LogP contribution is -2.52. The fraction of sp³-hybridized carbons (Fsp3) is 0.375. The van der Waals surface area contributed by atoms with E-state index >= 15 is 0 Å². The Balaban J connectivity index is 0.000000167. The van der Waals surface area contributed by atoms with Gasteiger partial charge in [0.25, 0.3) is 0 Å². The van der Waals surface area contributed by atoms with Gasteiger partial charge in [-0.25, -0.2) is 0 Å². The summed E-state index contributed by atoms with van der Waals surface area (Å²) in [6.07, 6.45) is 0. The highest BCUT2D eigenvalue weighted by atomic mass is 35.5. The first-order chi connectivity index (χ1) is 10.8. The topological polar surface area (TPSA) is 0 Å². The fourth-order valence-corrected chi connectivity index (χ4v) is 4.81. The molecule has 0 aromatic heterocycles. The maximum Gasteiger partial charge on any atom is 0.0693 e. The number of hydrogen-bond donors (Lipinski definition) is 0. The molecule has 2 aromatic carbocycles. The lowest BCUT2D eigenvalue weighted by atomic mass is 9.97. The van der Waals surface area contributed by atoms with Crippen molar-refractivity contribution in [2.45, 2.75) is 32.3 Å². The summed E-state index contributed by atoms with van der Waals surface area (Å²) in [6.45, 7) is 0. The molecule has 126 valence electrons. The molecule has 1 aliphatic rings. The maximum absolute atomic E-state index is 5.96. The molecule has 0 aliphatic heterocycles. The number of benzene rings is 2. The Hall–Kier alpha value is 0.730. The summed E-state index contributed by atoms with van der Waals surface area (Å²) in [4.78, 5) is 0. The number of halogens is 7. The van der Waals surface area contributed by atoms with Crippen LogP contribution in [0.5, 0.6) is 0 Å². The summed E-state index contributed by atoms with van der Waals surface area (Å²) in [5, 5.41) is 0.518. The lowest BCUT2D eigenvalue weighted by molar-refractivity contribution is 0.544. The molecule has 1 aliphatic carbocycles. The van der Waals surface area contributed by atoms with Crippen molar-refractivity contribution in [2.24, 2.45) is 0 Å². The van der Waals surface area contributed by atoms with E-state index in [1.807, 2.05) is 30.3 Å². The van der Waals surface area contributed by atoms with Crippen molar-refractivity contribution in [1.29, 1.82) is 0 Å². The van der Waals surface area contributed by atoms with Crippen LogP contribution in [0.25, 0.3) is 10.8 Å². The highest BCUT2D eigenvalue weighted by Gasteiger charge is 2.46. The SMILES string of the molecule is Cl[C@H]1[C@H](Cl)[C@@H](Cl)[C@@H](Cl)[C@H](Cl)[C@H]1Cl.Clc1cccc2ccccc12. The van der Waals surface area contributed by atoms with Gasteiger partial charge in [0.2, 0.25) is 0 Å². The number of alkyl halides is 6. The largest absolute Gasteiger partial charge is 0.120 e. The second-order valence-electron chi connectivity index (χ2n) is 5.13. The predicted octanol–water partition coefficient (Wildman–Crippen LogP) is 7.14. The van der Waals surface area contributed by atoms with Gasteiger partial charge in [0.1, 0.15) is 0 Å². The van der Waals surface area contributed by atoms with E-state index in [4.69, 9.17) is 81.2 Å². The minimum atomic E-state index is -0.437. The van der Waals surface area contributed by atoms with E-state index in [1.54, 1.807) is 0 Å². The molecular formula is C16H13Cl7. The van der Waals surface area contributed by atoms with E-state index in [-0.39, 0.29) is 0 Å². The molecule has 0 saturated heterocycles. The molecule has 0 heterocycles. The summed E-state index contributed by atoms with van der Waals surface area (Å²) < 4.78 is 0. The normalized spacial score (nSPS) is 33.9. The van der Waals surface area contributed by atoms with Crippen LogP contribution in [0.2, 0.25) is 5.02 Å². The third-order valence-corrected chi connectivity index (χ3v) is 7.92. The summed E-state index contributed by atoms with van der Waals surface area (Å²) in [5.74, 6) is 0. The molecule has 0 spiro atoms. The molecule has 23 heavy (non-hydrogen) atoms. The highest BCUT2D eigenvalue weighted by Crippen LogP contribution is 2.39. The van der Waals surface area contributed by atoms with Crippen molar-refractivity contribution in [3.05, 3.63) is 47.5 Å². The van der Waals surface area contributed by atoms with Crippen LogP contribution < -0.4 is 0 Å². The van der Waals surface area contributed by atoms with E-state index in [2.05, 4.69) is 12.1 Å². The lowest BCUT2D eigenvalue weighted by Gasteiger charge is -2.37. The van der Waals surface area contributed by atoms with Gasteiger partial charge in [0.15, 0.2) is 0 Å². The van der Waals surface area contributed by atoms with E-state index in [0.29, 0.717) is 0 Å². The summed E-state index contributed by atoms with van der Waals surface area (Å²) in [6, 6.07) is 14.0. The third-order valence-electron chi connectivity index (χ3n) is 3.56. The first-order valence-electron chi connectivity index (χ1n) is 6.82. The van der Waals surface area contributed by atoms with Crippen LogP contribution in [-0.2, 0) is 0 Å². The second kappa shape index (κ2) is 8.90. The molecule has 0 atom stereocenters. The van der Waals surface area contributed by atoms with Crippen LogP contribution in [0, 0.1) is 0 Å². The Morgan fingerprint density at radius 1 is 0.522 bits per heavy atom. The standard InChI is InChI=1S/C10H7Cl.C6H6Cl6/c11-10-7-3-5-8-4-1-2-6-9(8)10;7-1-2(8)4(10)6(12)5(11)3(1)9/h1-7H;1-6H/t;1-,2-,3-,4+,5+,6+. The van der Waals surface area contributed by atoms with Gasteiger partial charge in [-0.15, -0.1) is 69.6 Å². The summed E-state index contributed by atoms with van der Waals surface area (Å²) in [5.41, 5.74) is 0. The zero-order valence-corrected chi connectivity index (χ0v) is 16.9. The highest BCUT2D eigenvalue weighted by molar-refractivity contribution is 6.45. The minimum Gasteiger partial charge on any atom is -0.120 e. The molecule has 0 N–H and O–H groups in total. The average molecular weight is 453 g/mol. The second-order valence-corrected chi connectivity index (χ2v) is 8.56. The smallest absolute Gasteiger partial charge is 0.0693 e. The Morgan fingerprint density at radius 3 is 1.35 bits per heavy atom. The Kier molecular flexibility index (Phi) is 7.76. The Bertz CT molecular complexity index is 583.